The molecule has 0 saturated heterocycles. The zero-order valence-electron chi connectivity index (χ0n) is 10.6. The van der Waals surface area contributed by atoms with Gasteiger partial charge in [0.25, 0.3) is 0 Å². The lowest BCUT2D eigenvalue weighted by molar-refractivity contribution is 0.126. The molecule has 0 amide bonds. The van der Waals surface area contributed by atoms with Crippen LogP contribution in [0.25, 0.3) is 0 Å². The Hall–Kier alpha value is -1.10. The predicted octanol–water partition coefficient (Wildman–Crippen LogP) is 1.35. The number of ether oxygens (including phenoxy) is 2. The first kappa shape index (κ1) is 14.0. The second-order valence-corrected chi connectivity index (χ2v) is 3.95. The minimum atomic E-state index is -0.530. The summed E-state index contributed by atoms with van der Waals surface area (Å²) >= 11 is 0. The molecule has 0 spiro atoms. The summed E-state index contributed by atoms with van der Waals surface area (Å²) in [6, 6.07) is 7.43. The molecular formula is C13H21NO3. The molecule has 96 valence electrons. The van der Waals surface area contributed by atoms with Crippen LogP contribution in [0.4, 0.5) is 0 Å². The van der Waals surface area contributed by atoms with E-state index in [1.165, 1.54) is 0 Å². The number of aliphatic hydroxyl groups excluding tert-OH is 1. The van der Waals surface area contributed by atoms with Gasteiger partial charge in [0.1, 0.15) is 5.75 Å². The summed E-state index contributed by atoms with van der Waals surface area (Å²) in [4.78, 5) is 0. The predicted molar refractivity (Wildman–Crippen MR) is 67.3 cm³/mol. The first-order valence-electron chi connectivity index (χ1n) is 5.73. The van der Waals surface area contributed by atoms with Crippen LogP contribution in [0.3, 0.4) is 0 Å². The zero-order chi connectivity index (χ0) is 12.7. The topological polar surface area (TPSA) is 50.7 Å². The fourth-order valence-corrected chi connectivity index (χ4v) is 1.59. The van der Waals surface area contributed by atoms with E-state index in [4.69, 9.17) is 9.47 Å². The maximum absolute atomic E-state index is 10.1. The average molecular weight is 239 g/mol. The van der Waals surface area contributed by atoms with Crippen molar-refractivity contribution in [3.05, 3.63) is 29.8 Å². The van der Waals surface area contributed by atoms with Crippen molar-refractivity contribution in [3.63, 3.8) is 0 Å². The molecule has 1 aromatic rings. The highest BCUT2D eigenvalue weighted by Crippen LogP contribution is 2.19. The van der Waals surface area contributed by atoms with Crippen LogP contribution in [0.15, 0.2) is 24.3 Å². The maximum atomic E-state index is 10.1. The Labute approximate surface area is 103 Å². The van der Waals surface area contributed by atoms with E-state index in [-0.39, 0.29) is 6.04 Å². The average Bonchev–Trinajstić information content (AvgIpc) is 2.38. The number of methoxy groups -OCH3 is 2. The third-order valence-electron chi connectivity index (χ3n) is 2.70. The third kappa shape index (κ3) is 4.34. The molecule has 2 unspecified atom stereocenters. The van der Waals surface area contributed by atoms with E-state index in [9.17, 15) is 5.11 Å². The Morgan fingerprint density at radius 3 is 2.41 bits per heavy atom. The Kier molecular flexibility index (Phi) is 5.97. The minimum absolute atomic E-state index is 0.0152. The standard InChI is InChI=1S/C13H21NO3/c1-10(14-8-9-16-2)13(15)11-4-6-12(17-3)7-5-11/h4-7,10,13-15H,8-9H2,1-3H3. The van der Waals surface area contributed by atoms with Gasteiger partial charge in [0.2, 0.25) is 0 Å². The number of nitrogens with one attached hydrogen (secondary N) is 1. The summed E-state index contributed by atoms with van der Waals surface area (Å²) in [5.41, 5.74) is 0.878. The van der Waals surface area contributed by atoms with Gasteiger partial charge in [-0.05, 0) is 24.6 Å². The minimum Gasteiger partial charge on any atom is -0.497 e. The molecule has 0 heterocycles. The van der Waals surface area contributed by atoms with Gasteiger partial charge >= 0.3 is 0 Å². The maximum Gasteiger partial charge on any atom is 0.118 e. The molecule has 4 heteroatoms. The SMILES string of the molecule is COCCNC(C)C(O)c1ccc(OC)cc1. The fraction of sp³-hybridized carbons (Fsp3) is 0.538. The summed E-state index contributed by atoms with van der Waals surface area (Å²) in [5.74, 6) is 0.793. The van der Waals surface area contributed by atoms with E-state index < -0.39 is 6.10 Å². The van der Waals surface area contributed by atoms with Gasteiger partial charge < -0.3 is 19.9 Å². The van der Waals surface area contributed by atoms with Crippen molar-refractivity contribution in [2.45, 2.75) is 19.1 Å². The van der Waals surface area contributed by atoms with Crippen LogP contribution < -0.4 is 10.1 Å². The zero-order valence-corrected chi connectivity index (χ0v) is 10.6. The Morgan fingerprint density at radius 1 is 1.24 bits per heavy atom. The fourth-order valence-electron chi connectivity index (χ4n) is 1.59. The molecule has 2 N–H and O–H groups in total. The smallest absolute Gasteiger partial charge is 0.118 e. The highest BCUT2D eigenvalue weighted by atomic mass is 16.5. The third-order valence-corrected chi connectivity index (χ3v) is 2.70. The van der Waals surface area contributed by atoms with E-state index in [0.717, 1.165) is 17.9 Å². The van der Waals surface area contributed by atoms with Crippen molar-refractivity contribution in [2.24, 2.45) is 0 Å². The first-order chi connectivity index (χ1) is 8.19. The van der Waals surface area contributed by atoms with Gasteiger partial charge in [-0.15, -0.1) is 0 Å². The molecule has 0 aliphatic carbocycles. The van der Waals surface area contributed by atoms with Crippen LogP contribution in [0.2, 0.25) is 0 Å². The molecule has 0 radical (unpaired) electrons. The number of benzene rings is 1. The molecule has 1 aromatic carbocycles. The Balaban J connectivity index is 2.52. The monoisotopic (exact) mass is 239 g/mol. The van der Waals surface area contributed by atoms with E-state index in [1.807, 2.05) is 31.2 Å². The molecule has 2 atom stereocenters. The van der Waals surface area contributed by atoms with Gasteiger partial charge in [0, 0.05) is 19.7 Å². The van der Waals surface area contributed by atoms with Crippen molar-refractivity contribution in [1.82, 2.24) is 5.32 Å². The van der Waals surface area contributed by atoms with Crippen LogP contribution in [-0.4, -0.2) is 38.5 Å². The van der Waals surface area contributed by atoms with E-state index in [0.29, 0.717) is 6.61 Å². The number of hydrogen-bond acceptors (Lipinski definition) is 4. The molecule has 0 fully saturated rings. The van der Waals surface area contributed by atoms with E-state index in [1.54, 1.807) is 14.2 Å². The largest absolute Gasteiger partial charge is 0.497 e. The van der Waals surface area contributed by atoms with Crippen molar-refractivity contribution < 1.29 is 14.6 Å². The van der Waals surface area contributed by atoms with Gasteiger partial charge in [0.15, 0.2) is 0 Å². The number of rotatable bonds is 7. The first-order valence-corrected chi connectivity index (χ1v) is 5.73. The Morgan fingerprint density at radius 2 is 1.88 bits per heavy atom. The number of hydrogen-bond donors (Lipinski definition) is 2. The second-order valence-electron chi connectivity index (χ2n) is 3.95. The van der Waals surface area contributed by atoms with Gasteiger partial charge in [0.05, 0.1) is 19.8 Å². The quantitative estimate of drug-likeness (QED) is 0.705. The molecule has 0 aliphatic heterocycles. The summed E-state index contributed by atoms with van der Waals surface area (Å²) in [7, 11) is 3.28. The van der Waals surface area contributed by atoms with Gasteiger partial charge in [-0.25, -0.2) is 0 Å². The molecule has 0 aromatic heterocycles. The van der Waals surface area contributed by atoms with Crippen LogP contribution in [0.1, 0.15) is 18.6 Å². The molecule has 1 rings (SSSR count). The lowest BCUT2D eigenvalue weighted by Crippen LogP contribution is -2.34. The van der Waals surface area contributed by atoms with Crippen molar-refractivity contribution in [1.29, 1.82) is 0 Å². The molecule has 4 nitrogen and oxygen atoms in total. The van der Waals surface area contributed by atoms with Gasteiger partial charge in [-0.1, -0.05) is 12.1 Å². The molecule has 0 bridgehead atoms. The summed E-state index contributed by atoms with van der Waals surface area (Å²) in [6.07, 6.45) is -0.530. The van der Waals surface area contributed by atoms with Crippen LogP contribution in [-0.2, 0) is 4.74 Å². The van der Waals surface area contributed by atoms with E-state index >= 15 is 0 Å². The molecule has 0 aliphatic rings. The van der Waals surface area contributed by atoms with Crippen molar-refractivity contribution in [3.8, 4) is 5.75 Å². The van der Waals surface area contributed by atoms with Crippen LogP contribution in [0.5, 0.6) is 5.75 Å². The Bertz CT molecular complexity index is 313. The van der Waals surface area contributed by atoms with Crippen LogP contribution in [0, 0.1) is 0 Å². The second kappa shape index (κ2) is 7.27. The normalized spacial score (nSPS) is 14.4. The molecule has 0 saturated carbocycles. The summed E-state index contributed by atoms with van der Waals surface area (Å²) < 4.78 is 10.0. The summed E-state index contributed by atoms with van der Waals surface area (Å²) in [5, 5.41) is 13.3. The number of aliphatic hydroxyl groups is 1. The van der Waals surface area contributed by atoms with E-state index in [2.05, 4.69) is 5.32 Å². The van der Waals surface area contributed by atoms with Gasteiger partial charge in [-0.3, -0.25) is 0 Å². The highest BCUT2D eigenvalue weighted by molar-refractivity contribution is 5.28. The van der Waals surface area contributed by atoms with Gasteiger partial charge in [-0.2, -0.15) is 0 Å². The lowest BCUT2D eigenvalue weighted by atomic mass is 10.0. The molecule has 17 heavy (non-hydrogen) atoms. The highest BCUT2D eigenvalue weighted by Gasteiger charge is 2.15. The lowest BCUT2D eigenvalue weighted by Gasteiger charge is -2.20. The summed E-state index contributed by atoms with van der Waals surface area (Å²) in [6.45, 7) is 3.31. The molecular weight excluding hydrogens is 218 g/mol. The van der Waals surface area contributed by atoms with Crippen LogP contribution >= 0.6 is 0 Å². The van der Waals surface area contributed by atoms with Crippen molar-refractivity contribution >= 4 is 0 Å². The van der Waals surface area contributed by atoms with Crippen molar-refractivity contribution in [2.75, 3.05) is 27.4 Å².